The second-order valence-electron chi connectivity index (χ2n) is 9.36. The number of aryl methyl sites for hydroxylation is 1. The van der Waals surface area contributed by atoms with Crippen molar-refractivity contribution in [1.82, 2.24) is 4.98 Å². The maximum absolute atomic E-state index is 13.5. The summed E-state index contributed by atoms with van der Waals surface area (Å²) < 4.78 is 11.9. The van der Waals surface area contributed by atoms with Crippen LogP contribution in [0.1, 0.15) is 35.2 Å². The van der Waals surface area contributed by atoms with Crippen LogP contribution in [0.15, 0.2) is 66.2 Å². The van der Waals surface area contributed by atoms with E-state index in [2.05, 4.69) is 4.98 Å². The van der Waals surface area contributed by atoms with Crippen molar-refractivity contribution in [2.45, 2.75) is 32.4 Å². The van der Waals surface area contributed by atoms with Gasteiger partial charge in [0.15, 0.2) is 5.13 Å². The standard InChI is InChI=1S/C29H24N2O5S/c1-15-4-6-17(7-5-15)25-24(26(32)18-8-11-22-19(13-18)12-16(2)36-22)27(33)28(34)31(25)29-30-21-10-9-20(35-3)14-23(21)37-29/h4-11,13-14,16,25,32H,12H2,1-3H3/b26-24+/t16-,25-/m0/s1. The molecule has 2 aliphatic rings. The highest BCUT2D eigenvalue weighted by Crippen LogP contribution is 2.45. The molecule has 1 N–H and O–H groups in total. The summed E-state index contributed by atoms with van der Waals surface area (Å²) in [7, 11) is 1.59. The zero-order valence-corrected chi connectivity index (χ0v) is 21.3. The average Bonchev–Trinajstić information content (AvgIpc) is 3.55. The lowest BCUT2D eigenvalue weighted by Gasteiger charge is -2.23. The number of rotatable bonds is 4. The largest absolute Gasteiger partial charge is 0.507 e. The second-order valence-corrected chi connectivity index (χ2v) is 10.4. The Morgan fingerprint density at radius 3 is 2.65 bits per heavy atom. The summed E-state index contributed by atoms with van der Waals surface area (Å²) in [5.41, 5.74) is 3.91. The number of nitrogens with zero attached hydrogens (tertiary/aromatic N) is 2. The van der Waals surface area contributed by atoms with E-state index in [-0.39, 0.29) is 17.4 Å². The molecule has 1 saturated heterocycles. The van der Waals surface area contributed by atoms with Crippen molar-refractivity contribution in [3.63, 3.8) is 0 Å². The number of amides is 1. The van der Waals surface area contributed by atoms with Crippen LogP contribution in [0.5, 0.6) is 11.5 Å². The van der Waals surface area contributed by atoms with Crippen molar-refractivity contribution in [1.29, 1.82) is 0 Å². The number of anilines is 1. The molecule has 37 heavy (non-hydrogen) atoms. The summed E-state index contributed by atoms with van der Waals surface area (Å²) in [6.07, 6.45) is 0.754. The van der Waals surface area contributed by atoms with Crippen LogP contribution >= 0.6 is 11.3 Å². The van der Waals surface area contributed by atoms with E-state index in [1.165, 1.54) is 16.2 Å². The van der Waals surface area contributed by atoms with E-state index in [0.29, 0.717) is 33.9 Å². The maximum atomic E-state index is 13.5. The summed E-state index contributed by atoms with van der Waals surface area (Å²) in [4.78, 5) is 33.0. The van der Waals surface area contributed by atoms with Crippen LogP contribution in [0.25, 0.3) is 16.0 Å². The molecule has 3 aromatic carbocycles. The minimum Gasteiger partial charge on any atom is -0.507 e. The fourth-order valence-corrected chi connectivity index (χ4v) is 5.96. The Balaban J connectivity index is 1.52. The molecular weight excluding hydrogens is 488 g/mol. The van der Waals surface area contributed by atoms with E-state index in [0.717, 1.165) is 21.6 Å². The Bertz CT molecular complexity index is 1600. The lowest BCUT2D eigenvalue weighted by Crippen LogP contribution is -2.29. The summed E-state index contributed by atoms with van der Waals surface area (Å²) >= 11 is 1.30. The maximum Gasteiger partial charge on any atom is 0.301 e. The second kappa shape index (κ2) is 8.74. The SMILES string of the molecule is COc1ccc2nc(N3C(=O)C(=O)/C(=C(/O)c4ccc5c(c4)C[C@H](C)O5)[C@@H]3c3ccc(C)cc3)sc2c1. The lowest BCUT2D eigenvalue weighted by atomic mass is 9.94. The number of aromatic nitrogens is 1. The van der Waals surface area contributed by atoms with E-state index >= 15 is 0 Å². The monoisotopic (exact) mass is 512 g/mol. The first kappa shape index (κ1) is 23.2. The van der Waals surface area contributed by atoms with Gasteiger partial charge < -0.3 is 14.6 Å². The van der Waals surface area contributed by atoms with Crippen molar-refractivity contribution < 1.29 is 24.2 Å². The smallest absolute Gasteiger partial charge is 0.301 e. The Labute approximate surface area is 217 Å². The van der Waals surface area contributed by atoms with Gasteiger partial charge in [-0.25, -0.2) is 4.98 Å². The molecule has 1 fully saturated rings. The number of aliphatic hydroxyl groups excluding tert-OH is 1. The Kier molecular flexibility index (Phi) is 5.49. The zero-order valence-electron chi connectivity index (χ0n) is 20.5. The number of thiazole rings is 1. The van der Waals surface area contributed by atoms with Gasteiger partial charge in [0.25, 0.3) is 5.78 Å². The number of ether oxygens (including phenoxy) is 2. The highest BCUT2D eigenvalue weighted by Gasteiger charge is 2.48. The number of hydrogen-bond acceptors (Lipinski definition) is 7. The third-order valence-corrected chi connectivity index (χ3v) is 7.81. The molecule has 0 spiro atoms. The topological polar surface area (TPSA) is 89.0 Å². The van der Waals surface area contributed by atoms with Gasteiger partial charge >= 0.3 is 5.91 Å². The van der Waals surface area contributed by atoms with Crippen molar-refractivity contribution in [3.8, 4) is 11.5 Å². The van der Waals surface area contributed by atoms with Crippen molar-refractivity contribution in [2.75, 3.05) is 12.0 Å². The molecule has 1 aromatic heterocycles. The van der Waals surface area contributed by atoms with Crippen LogP contribution < -0.4 is 14.4 Å². The molecule has 6 rings (SSSR count). The third kappa shape index (κ3) is 3.84. The first-order valence-electron chi connectivity index (χ1n) is 12.0. The van der Waals surface area contributed by atoms with E-state index < -0.39 is 17.7 Å². The number of carbonyl (C=O) groups excluding carboxylic acids is 2. The van der Waals surface area contributed by atoms with Crippen molar-refractivity contribution in [2.24, 2.45) is 0 Å². The van der Waals surface area contributed by atoms with Crippen LogP contribution in [-0.2, 0) is 16.0 Å². The van der Waals surface area contributed by atoms with Crippen molar-refractivity contribution in [3.05, 3.63) is 88.5 Å². The van der Waals surface area contributed by atoms with Gasteiger partial charge in [-0.2, -0.15) is 0 Å². The van der Waals surface area contributed by atoms with E-state index in [1.807, 2.05) is 56.3 Å². The molecule has 3 heterocycles. The molecule has 0 radical (unpaired) electrons. The van der Waals surface area contributed by atoms with Crippen molar-refractivity contribution >= 4 is 44.1 Å². The number of benzene rings is 3. The van der Waals surface area contributed by atoms with Gasteiger partial charge in [-0.1, -0.05) is 41.2 Å². The van der Waals surface area contributed by atoms with Gasteiger partial charge in [-0.15, -0.1) is 0 Å². The van der Waals surface area contributed by atoms with E-state index in [4.69, 9.17) is 9.47 Å². The first-order valence-corrected chi connectivity index (χ1v) is 12.8. The molecule has 0 aliphatic carbocycles. The molecule has 0 unspecified atom stereocenters. The van der Waals surface area contributed by atoms with Crippen LogP contribution in [0, 0.1) is 6.92 Å². The van der Waals surface area contributed by atoms with Crippen LogP contribution in [0.3, 0.4) is 0 Å². The number of Topliss-reactive ketones (excluding diaryl/α,β-unsaturated/α-hetero) is 1. The number of aliphatic hydroxyl groups is 1. The van der Waals surface area contributed by atoms with Crippen LogP contribution in [0.4, 0.5) is 5.13 Å². The van der Waals surface area contributed by atoms with E-state index in [1.54, 1.807) is 25.3 Å². The highest BCUT2D eigenvalue weighted by molar-refractivity contribution is 7.22. The van der Waals surface area contributed by atoms with Gasteiger partial charge in [0, 0.05) is 12.0 Å². The molecule has 0 saturated carbocycles. The predicted molar refractivity (Wildman–Crippen MR) is 142 cm³/mol. The molecule has 2 atom stereocenters. The number of hydrogen-bond donors (Lipinski definition) is 1. The van der Waals surface area contributed by atoms with Crippen LogP contribution in [0.2, 0.25) is 0 Å². The third-order valence-electron chi connectivity index (χ3n) is 6.80. The Morgan fingerprint density at radius 1 is 1.11 bits per heavy atom. The number of methoxy groups -OCH3 is 1. The molecule has 2 aliphatic heterocycles. The number of ketones is 1. The normalized spacial score (nSPS) is 20.4. The zero-order chi connectivity index (χ0) is 25.8. The highest BCUT2D eigenvalue weighted by atomic mass is 32.1. The molecule has 186 valence electrons. The quantitative estimate of drug-likeness (QED) is 0.219. The van der Waals surface area contributed by atoms with E-state index in [9.17, 15) is 14.7 Å². The predicted octanol–water partition coefficient (Wildman–Crippen LogP) is 5.56. The number of carbonyl (C=O) groups is 2. The first-order chi connectivity index (χ1) is 17.8. The molecule has 4 aromatic rings. The van der Waals surface area contributed by atoms with Crippen LogP contribution in [-0.4, -0.2) is 35.0 Å². The summed E-state index contributed by atoms with van der Waals surface area (Å²) in [6.45, 7) is 3.95. The van der Waals surface area contributed by atoms with Gasteiger partial charge in [-0.05, 0) is 61.4 Å². The van der Waals surface area contributed by atoms with Gasteiger partial charge in [0.2, 0.25) is 0 Å². The van der Waals surface area contributed by atoms with Gasteiger partial charge in [0.1, 0.15) is 23.4 Å². The fourth-order valence-electron chi connectivity index (χ4n) is 4.94. The molecule has 0 bridgehead atoms. The summed E-state index contributed by atoms with van der Waals surface area (Å²) in [5, 5.41) is 11.9. The van der Waals surface area contributed by atoms with Gasteiger partial charge in [-0.3, -0.25) is 14.5 Å². The van der Waals surface area contributed by atoms with Gasteiger partial charge in [0.05, 0.1) is 28.9 Å². The molecule has 7 nitrogen and oxygen atoms in total. The molecule has 1 amide bonds. The number of fused-ring (bicyclic) bond motifs is 2. The average molecular weight is 513 g/mol. The Hall–Kier alpha value is -4.17. The molecular formula is C29H24N2O5S. The summed E-state index contributed by atoms with van der Waals surface area (Å²) in [6, 6.07) is 17.6. The molecule has 8 heteroatoms. The minimum absolute atomic E-state index is 0.0394. The Morgan fingerprint density at radius 2 is 1.89 bits per heavy atom. The summed E-state index contributed by atoms with van der Waals surface area (Å²) in [5.74, 6) is -0.239. The lowest BCUT2D eigenvalue weighted by molar-refractivity contribution is -0.132. The minimum atomic E-state index is -0.827. The fraction of sp³-hybridized carbons (Fsp3) is 0.207.